The lowest BCUT2D eigenvalue weighted by Gasteiger charge is -2.27. The molecule has 0 bridgehead atoms. The van der Waals surface area contributed by atoms with E-state index in [9.17, 15) is 14.4 Å². The van der Waals surface area contributed by atoms with Crippen molar-refractivity contribution in [3.8, 4) is 5.75 Å². The first kappa shape index (κ1) is 16.8. The number of nitrogens with one attached hydrogen (secondary N) is 1. The fourth-order valence-corrected chi connectivity index (χ4v) is 2.18. The van der Waals surface area contributed by atoms with Crippen LogP contribution in [0.5, 0.6) is 5.75 Å². The molecule has 8 nitrogen and oxygen atoms in total. The summed E-state index contributed by atoms with van der Waals surface area (Å²) in [7, 11) is 1.47. The van der Waals surface area contributed by atoms with Crippen molar-refractivity contribution in [3.63, 3.8) is 0 Å². The maximum Gasteiger partial charge on any atom is 0.323 e. The number of nitrogens with zero attached hydrogens (tertiary/aromatic N) is 1. The molecular weight excluding hydrogens is 304 g/mol. The Morgan fingerprint density at radius 2 is 2.17 bits per heavy atom. The Balaban J connectivity index is 2.32. The van der Waals surface area contributed by atoms with Crippen LogP contribution in [-0.4, -0.2) is 60.7 Å². The van der Waals surface area contributed by atoms with Gasteiger partial charge in [-0.25, -0.2) is 0 Å². The van der Waals surface area contributed by atoms with Gasteiger partial charge in [0.1, 0.15) is 6.54 Å². The Hall–Kier alpha value is -2.61. The highest BCUT2D eigenvalue weighted by Crippen LogP contribution is 2.34. The van der Waals surface area contributed by atoms with Crippen LogP contribution in [0, 0.1) is 0 Å². The molecule has 2 rings (SSSR count). The smallest absolute Gasteiger partial charge is 0.323 e. The number of fused-ring (bicyclic) bond motifs is 1. The summed E-state index contributed by atoms with van der Waals surface area (Å²) in [4.78, 5) is 36.4. The second-order valence-corrected chi connectivity index (χ2v) is 5.04. The molecule has 23 heavy (non-hydrogen) atoms. The van der Waals surface area contributed by atoms with Crippen LogP contribution in [0.2, 0.25) is 0 Å². The minimum Gasteiger partial charge on any atom is -0.480 e. The van der Waals surface area contributed by atoms with Crippen LogP contribution < -0.4 is 10.1 Å². The maximum absolute atomic E-state index is 12.7. The van der Waals surface area contributed by atoms with Gasteiger partial charge in [0, 0.05) is 13.7 Å². The van der Waals surface area contributed by atoms with Crippen molar-refractivity contribution in [2.24, 2.45) is 0 Å². The minimum absolute atomic E-state index is 0.132. The molecule has 0 aromatic heterocycles. The van der Waals surface area contributed by atoms with Crippen LogP contribution in [0.3, 0.4) is 0 Å². The first-order valence-corrected chi connectivity index (χ1v) is 7.04. The number of hydrogen-bond acceptors (Lipinski definition) is 5. The molecule has 0 radical (unpaired) electrons. The molecule has 1 aromatic rings. The van der Waals surface area contributed by atoms with Gasteiger partial charge in [-0.05, 0) is 19.1 Å². The zero-order valence-corrected chi connectivity index (χ0v) is 12.9. The summed E-state index contributed by atoms with van der Waals surface area (Å²) in [5, 5.41) is 11.6. The predicted molar refractivity (Wildman–Crippen MR) is 80.6 cm³/mol. The average Bonchev–Trinajstić information content (AvgIpc) is 2.51. The summed E-state index contributed by atoms with van der Waals surface area (Å²) < 4.78 is 10.4. The van der Waals surface area contributed by atoms with Gasteiger partial charge in [0.2, 0.25) is 0 Å². The van der Waals surface area contributed by atoms with E-state index in [4.69, 9.17) is 14.6 Å². The van der Waals surface area contributed by atoms with Gasteiger partial charge in [0.15, 0.2) is 11.9 Å². The van der Waals surface area contributed by atoms with Crippen LogP contribution in [0.15, 0.2) is 18.2 Å². The van der Waals surface area contributed by atoms with Crippen molar-refractivity contribution in [2.75, 3.05) is 32.1 Å². The molecule has 1 aliphatic rings. The highest BCUT2D eigenvalue weighted by molar-refractivity contribution is 6.04. The van der Waals surface area contributed by atoms with Crippen molar-refractivity contribution in [2.45, 2.75) is 13.0 Å². The second-order valence-electron chi connectivity index (χ2n) is 5.04. The van der Waals surface area contributed by atoms with E-state index in [1.54, 1.807) is 19.1 Å². The number of carbonyl (C=O) groups excluding carboxylic acids is 2. The number of carboxylic acid groups (broad SMARTS) is 1. The highest BCUT2D eigenvalue weighted by atomic mass is 16.5. The van der Waals surface area contributed by atoms with Gasteiger partial charge in [-0.1, -0.05) is 6.07 Å². The lowest BCUT2D eigenvalue weighted by molar-refractivity contribution is -0.137. The van der Waals surface area contributed by atoms with Crippen LogP contribution in [-0.2, 0) is 14.3 Å². The zero-order chi connectivity index (χ0) is 17.0. The van der Waals surface area contributed by atoms with Crippen molar-refractivity contribution in [3.05, 3.63) is 23.8 Å². The number of carboxylic acids is 1. The van der Waals surface area contributed by atoms with Gasteiger partial charge in [-0.15, -0.1) is 0 Å². The summed E-state index contributed by atoms with van der Waals surface area (Å²) in [5.74, 6) is -1.67. The number of hydrogen-bond donors (Lipinski definition) is 2. The summed E-state index contributed by atoms with van der Waals surface area (Å²) in [6, 6.07) is 4.75. The molecule has 1 atom stereocenters. The molecule has 1 heterocycles. The second kappa shape index (κ2) is 7.10. The number of benzene rings is 1. The van der Waals surface area contributed by atoms with Gasteiger partial charge >= 0.3 is 5.97 Å². The molecule has 0 aliphatic carbocycles. The number of methoxy groups -OCH3 is 1. The predicted octanol–water partition coefficient (Wildman–Crippen LogP) is 0.579. The molecule has 0 fully saturated rings. The fourth-order valence-electron chi connectivity index (χ4n) is 2.18. The monoisotopic (exact) mass is 322 g/mol. The molecule has 0 saturated heterocycles. The van der Waals surface area contributed by atoms with Crippen LogP contribution in [0.1, 0.15) is 17.3 Å². The summed E-state index contributed by atoms with van der Waals surface area (Å²) >= 11 is 0. The van der Waals surface area contributed by atoms with Gasteiger partial charge < -0.3 is 24.8 Å². The molecule has 124 valence electrons. The van der Waals surface area contributed by atoms with E-state index < -0.39 is 24.5 Å². The zero-order valence-electron chi connectivity index (χ0n) is 12.9. The first-order chi connectivity index (χ1) is 10.9. The fraction of sp³-hybridized carbons (Fsp3) is 0.400. The SMILES string of the molecule is COCCN(CC(=O)O)C(=O)c1cccc2c1OC(C)C(=O)N2. The molecule has 8 heteroatoms. The number of para-hydroxylation sites is 1. The quantitative estimate of drug-likeness (QED) is 0.794. The number of rotatable bonds is 6. The molecule has 1 aliphatic heterocycles. The van der Waals surface area contributed by atoms with E-state index in [-0.39, 0.29) is 30.4 Å². The van der Waals surface area contributed by atoms with Gasteiger partial charge in [0.25, 0.3) is 11.8 Å². The maximum atomic E-state index is 12.7. The minimum atomic E-state index is -1.12. The number of amides is 2. The topological polar surface area (TPSA) is 105 Å². The van der Waals surface area contributed by atoms with Crippen molar-refractivity contribution in [1.29, 1.82) is 0 Å². The Kier molecular flexibility index (Phi) is 5.17. The summed E-state index contributed by atoms with van der Waals surface area (Å²) in [6.45, 7) is 1.46. The molecular formula is C15H18N2O6. The number of carbonyl (C=O) groups is 3. The number of aliphatic carboxylic acids is 1. The molecule has 0 saturated carbocycles. The molecule has 1 unspecified atom stereocenters. The van der Waals surface area contributed by atoms with Crippen LogP contribution in [0.25, 0.3) is 0 Å². The van der Waals surface area contributed by atoms with E-state index in [0.29, 0.717) is 5.69 Å². The standard InChI is InChI=1S/C15H18N2O6/c1-9-14(20)16-11-5-3-4-10(13(11)23-9)15(21)17(6-7-22-2)8-12(18)19/h3-5,9H,6-8H2,1-2H3,(H,16,20)(H,18,19). The first-order valence-electron chi connectivity index (χ1n) is 7.04. The van der Waals surface area contributed by atoms with E-state index in [1.165, 1.54) is 13.2 Å². The van der Waals surface area contributed by atoms with Crippen molar-refractivity contribution < 1.29 is 29.0 Å². The number of ether oxygens (including phenoxy) is 2. The lowest BCUT2D eigenvalue weighted by Crippen LogP contribution is -2.39. The van der Waals surface area contributed by atoms with Crippen molar-refractivity contribution >= 4 is 23.5 Å². The Morgan fingerprint density at radius 1 is 1.43 bits per heavy atom. The third kappa shape index (κ3) is 3.78. The van der Waals surface area contributed by atoms with Gasteiger partial charge in [-0.2, -0.15) is 0 Å². The van der Waals surface area contributed by atoms with Crippen LogP contribution >= 0.6 is 0 Å². The van der Waals surface area contributed by atoms with E-state index in [1.807, 2.05) is 0 Å². The number of anilines is 1. The Labute approximate surface area is 133 Å². The normalized spacial score (nSPS) is 16.1. The Morgan fingerprint density at radius 3 is 2.83 bits per heavy atom. The summed E-state index contributed by atoms with van der Waals surface area (Å²) in [5.41, 5.74) is 0.590. The Bertz CT molecular complexity index is 630. The van der Waals surface area contributed by atoms with Crippen molar-refractivity contribution in [1.82, 2.24) is 4.90 Å². The average molecular weight is 322 g/mol. The molecule has 1 aromatic carbocycles. The summed E-state index contributed by atoms with van der Waals surface area (Å²) in [6.07, 6.45) is -0.733. The van der Waals surface area contributed by atoms with E-state index in [0.717, 1.165) is 4.90 Å². The third-order valence-corrected chi connectivity index (χ3v) is 3.35. The molecule has 2 amide bonds. The molecule has 2 N–H and O–H groups in total. The van der Waals surface area contributed by atoms with Gasteiger partial charge in [0.05, 0.1) is 17.9 Å². The van der Waals surface area contributed by atoms with E-state index in [2.05, 4.69) is 5.32 Å². The largest absolute Gasteiger partial charge is 0.480 e. The lowest BCUT2D eigenvalue weighted by atomic mass is 10.1. The highest BCUT2D eigenvalue weighted by Gasteiger charge is 2.29. The van der Waals surface area contributed by atoms with Gasteiger partial charge in [-0.3, -0.25) is 14.4 Å². The third-order valence-electron chi connectivity index (χ3n) is 3.35. The van der Waals surface area contributed by atoms with E-state index >= 15 is 0 Å². The van der Waals surface area contributed by atoms with Crippen LogP contribution in [0.4, 0.5) is 5.69 Å². The molecule has 0 spiro atoms.